The third kappa shape index (κ3) is 1.39. The van der Waals surface area contributed by atoms with Gasteiger partial charge in [-0.1, -0.05) is 0 Å². The molecule has 1 aromatic rings. The number of hydrogen-bond donors (Lipinski definition) is 1. The number of anilines is 2. The van der Waals surface area contributed by atoms with Gasteiger partial charge < -0.3 is 15.0 Å². The van der Waals surface area contributed by atoms with Crippen molar-refractivity contribution in [3.8, 4) is 5.75 Å². The van der Waals surface area contributed by atoms with Gasteiger partial charge in [0.1, 0.15) is 5.75 Å². The molecule has 3 nitrogen and oxygen atoms in total. The minimum Gasteiger partial charge on any atom is -0.497 e. The fourth-order valence-corrected chi connectivity index (χ4v) is 1.72. The molecule has 1 aliphatic rings. The van der Waals surface area contributed by atoms with Crippen LogP contribution >= 0.6 is 0 Å². The number of ether oxygens (including phenoxy) is 1. The molecule has 0 bridgehead atoms. The van der Waals surface area contributed by atoms with Gasteiger partial charge in [-0.25, -0.2) is 0 Å². The molecule has 1 atom stereocenters. The highest BCUT2D eigenvalue weighted by Gasteiger charge is 2.19. The van der Waals surface area contributed by atoms with Crippen molar-refractivity contribution in [2.45, 2.75) is 13.0 Å². The van der Waals surface area contributed by atoms with Crippen LogP contribution < -0.4 is 15.0 Å². The van der Waals surface area contributed by atoms with Crippen LogP contribution in [0.15, 0.2) is 18.2 Å². The average Bonchev–Trinajstić information content (AvgIpc) is 2.23. The number of likely N-dealkylation sites (N-methyl/N-ethyl adjacent to an activating group) is 1. The fraction of sp³-hybridized carbons (Fsp3) is 0.455. The van der Waals surface area contributed by atoms with Crippen LogP contribution in [0.1, 0.15) is 6.92 Å². The second kappa shape index (κ2) is 3.40. The lowest BCUT2D eigenvalue weighted by molar-refractivity contribution is 0.415. The van der Waals surface area contributed by atoms with Crippen molar-refractivity contribution in [1.82, 2.24) is 0 Å². The lowest BCUT2D eigenvalue weighted by Crippen LogP contribution is -2.39. The van der Waals surface area contributed by atoms with E-state index in [0.29, 0.717) is 6.04 Å². The van der Waals surface area contributed by atoms with E-state index in [1.54, 1.807) is 7.11 Å². The van der Waals surface area contributed by atoms with Gasteiger partial charge in [0.05, 0.1) is 18.5 Å². The van der Waals surface area contributed by atoms with Gasteiger partial charge in [-0.3, -0.25) is 0 Å². The summed E-state index contributed by atoms with van der Waals surface area (Å²) in [4.78, 5) is 2.28. The number of fused-ring (bicyclic) bond motifs is 1. The molecular weight excluding hydrogens is 176 g/mol. The summed E-state index contributed by atoms with van der Waals surface area (Å²) in [6.45, 7) is 3.19. The zero-order valence-electron chi connectivity index (χ0n) is 8.87. The summed E-state index contributed by atoms with van der Waals surface area (Å²) >= 11 is 0. The minimum atomic E-state index is 0.538. The molecule has 0 aliphatic carbocycles. The molecule has 0 aromatic heterocycles. The number of methoxy groups -OCH3 is 1. The highest BCUT2D eigenvalue weighted by Crippen LogP contribution is 2.33. The number of rotatable bonds is 1. The fourth-order valence-electron chi connectivity index (χ4n) is 1.72. The van der Waals surface area contributed by atoms with E-state index >= 15 is 0 Å². The molecule has 14 heavy (non-hydrogen) atoms. The van der Waals surface area contributed by atoms with Gasteiger partial charge in [0.2, 0.25) is 0 Å². The van der Waals surface area contributed by atoms with Gasteiger partial charge in [0.25, 0.3) is 0 Å². The molecule has 0 saturated heterocycles. The molecule has 0 amide bonds. The van der Waals surface area contributed by atoms with Gasteiger partial charge in [0, 0.05) is 25.7 Å². The van der Waals surface area contributed by atoms with E-state index in [-0.39, 0.29) is 0 Å². The standard InChI is InChI=1S/C11H16N2O/c1-8-7-12-10-6-9(14-3)4-5-11(10)13(8)2/h4-6,8,12H,7H2,1-3H3. The van der Waals surface area contributed by atoms with E-state index in [2.05, 4.69) is 30.3 Å². The van der Waals surface area contributed by atoms with Crippen molar-refractivity contribution in [3.05, 3.63) is 18.2 Å². The molecule has 76 valence electrons. The molecule has 2 rings (SSSR count). The topological polar surface area (TPSA) is 24.5 Å². The molecule has 3 heteroatoms. The van der Waals surface area contributed by atoms with E-state index in [4.69, 9.17) is 4.74 Å². The highest BCUT2D eigenvalue weighted by atomic mass is 16.5. The van der Waals surface area contributed by atoms with E-state index in [0.717, 1.165) is 18.0 Å². The first-order chi connectivity index (χ1) is 6.72. The summed E-state index contributed by atoms with van der Waals surface area (Å²) in [6, 6.07) is 6.67. The van der Waals surface area contributed by atoms with Gasteiger partial charge in [-0.15, -0.1) is 0 Å². The van der Waals surface area contributed by atoms with Crippen molar-refractivity contribution in [1.29, 1.82) is 0 Å². The molecule has 1 unspecified atom stereocenters. The third-order valence-corrected chi connectivity index (χ3v) is 2.83. The maximum Gasteiger partial charge on any atom is 0.121 e. The molecule has 1 N–H and O–H groups in total. The predicted molar refractivity (Wildman–Crippen MR) is 59.3 cm³/mol. The average molecular weight is 192 g/mol. The number of benzene rings is 1. The Morgan fingerprint density at radius 2 is 2.29 bits per heavy atom. The van der Waals surface area contributed by atoms with Crippen LogP contribution in [0.3, 0.4) is 0 Å². The van der Waals surface area contributed by atoms with Gasteiger partial charge in [-0.05, 0) is 19.1 Å². The van der Waals surface area contributed by atoms with Gasteiger partial charge in [-0.2, -0.15) is 0 Å². The van der Waals surface area contributed by atoms with Crippen LogP contribution in [0.5, 0.6) is 5.75 Å². The maximum atomic E-state index is 5.18. The van der Waals surface area contributed by atoms with Crippen LogP contribution in [0.2, 0.25) is 0 Å². The lowest BCUT2D eigenvalue weighted by Gasteiger charge is -2.34. The Kier molecular flexibility index (Phi) is 2.23. The van der Waals surface area contributed by atoms with Gasteiger partial charge >= 0.3 is 0 Å². The molecule has 0 saturated carbocycles. The normalized spacial score (nSPS) is 19.9. The summed E-state index contributed by atoms with van der Waals surface area (Å²) in [5.41, 5.74) is 2.40. The Hall–Kier alpha value is -1.38. The number of nitrogens with zero attached hydrogens (tertiary/aromatic N) is 1. The summed E-state index contributed by atoms with van der Waals surface area (Å²) in [6.07, 6.45) is 0. The summed E-state index contributed by atoms with van der Waals surface area (Å²) in [5.74, 6) is 0.902. The molecule has 0 fully saturated rings. The summed E-state index contributed by atoms with van der Waals surface area (Å²) < 4.78 is 5.18. The Bertz CT molecular complexity index is 338. The quantitative estimate of drug-likeness (QED) is 0.736. The third-order valence-electron chi connectivity index (χ3n) is 2.83. The molecule has 0 spiro atoms. The SMILES string of the molecule is COc1ccc2c(c1)NCC(C)N2C. The Balaban J connectivity index is 2.38. The zero-order valence-corrected chi connectivity index (χ0v) is 8.87. The van der Waals surface area contributed by atoms with Crippen LogP contribution in [-0.2, 0) is 0 Å². The smallest absolute Gasteiger partial charge is 0.121 e. The first-order valence-corrected chi connectivity index (χ1v) is 4.87. The van der Waals surface area contributed by atoms with E-state index in [9.17, 15) is 0 Å². The van der Waals surface area contributed by atoms with Crippen LogP contribution in [0, 0.1) is 0 Å². The molecule has 1 aliphatic heterocycles. The van der Waals surface area contributed by atoms with E-state index < -0.39 is 0 Å². The Labute approximate surface area is 84.7 Å². The maximum absolute atomic E-state index is 5.18. The molecule has 1 heterocycles. The van der Waals surface area contributed by atoms with Crippen LogP contribution in [0.4, 0.5) is 11.4 Å². The van der Waals surface area contributed by atoms with Crippen molar-refractivity contribution >= 4 is 11.4 Å². The largest absolute Gasteiger partial charge is 0.497 e. The summed E-state index contributed by atoms with van der Waals surface area (Å²) in [5, 5.41) is 3.40. The molecular formula is C11H16N2O. The zero-order chi connectivity index (χ0) is 10.1. The van der Waals surface area contributed by atoms with Gasteiger partial charge in [0.15, 0.2) is 0 Å². The first-order valence-electron chi connectivity index (χ1n) is 4.87. The second-order valence-electron chi connectivity index (χ2n) is 3.72. The van der Waals surface area contributed by atoms with Crippen molar-refractivity contribution in [2.75, 3.05) is 30.9 Å². The minimum absolute atomic E-state index is 0.538. The lowest BCUT2D eigenvalue weighted by atomic mass is 10.1. The second-order valence-corrected chi connectivity index (χ2v) is 3.72. The number of hydrogen-bond acceptors (Lipinski definition) is 3. The monoisotopic (exact) mass is 192 g/mol. The van der Waals surface area contributed by atoms with E-state index in [1.807, 2.05) is 12.1 Å². The first kappa shape index (κ1) is 9.19. The Morgan fingerprint density at radius 3 is 3.00 bits per heavy atom. The van der Waals surface area contributed by atoms with Crippen LogP contribution in [-0.4, -0.2) is 26.7 Å². The van der Waals surface area contributed by atoms with Crippen molar-refractivity contribution < 1.29 is 4.74 Å². The number of nitrogens with one attached hydrogen (secondary N) is 1. The molecule has 1 aromatic carbocycles. The summed E-state index contributed by atoms with van der Waals surface area (Å²) in [7, 11) is 3.81. The highest BCUT2D eigenvalue weighted by molar-refractivity contribution is 5.74. The van der Waals surface area contributed by atoms with E-state index in [1.165, 1.54) is 5.69 Å². The predicted octanol–water partition coefficient (Wildman–Crippen LogP) is 1.95. The Morgan fingerprint density at radius 1 is 1.50 bits per heavy atom. The molecule has 0 radical (unpaired) electrons. The van der Waals surface area contributed by atoms with Crippen molar-refractivity contribution in [2.24, 2.45) is 0 Å². The van der Waals surface area contributed by atoms with Crippen molar-refractivity contribution in [3.63, 3.8) is 0 Å². The van der Waals surface area contributed by atoms with Crippen LogP contribution in [0.25, 0.3) is 0 Å².